The lowest BCUT2D eigenvalue weighted by molar-refractivity contribution is 1.24. The summed E-state index contributed by atoms with van der Waals surface area (Å²) >= 11 is 0. The zero-order chi connectivity index (χ0) is 26.9. The number of aromatic nitrogens is 1. The molecule has 0 saturated carbocycles. The highest BCUT2D eigenvalue weighted by Gasteiger charge is 2.32. The number of hydrogen-bond acceptors (Lipinski definition) is 1. The van der Waals surface area contributed by atoms with Crippen LogP contribution in [0.4, 0.5) is 0 Å². The Kier molecular flexibility index (Phi) is 4.73. The Morgan fingerprint density at radius 2 is 0.976 bits per heavy atom. The molecule has 0 fully saturated rings. The van der Waals surface area contributed by atoms with Crippen molar-refractivity contribution in [1.82, 2.24) is 4.98 Å². The van der Waals surface area contributed by atoms with Crippen molar-refractivity contribution in [1.29, 1.82) is 0 Å². The molecule has 2 aliphatic rings. The summed E-state index contributed by atoms with van der Waals surface area (Å²) in [7, 11) is 0. The monoisotopic (exact) mass is 519 g/mol. The Bertz CT molecular complexity index is 2150. The number of pyridine rings is 1. The van der Waals surface area contributed by atoms with Gasteiger partial charge in [-0.15, -0.1) is 0 Å². The van der Waals surface area contributed by atoms with Crippen molar-refractivity contribution in [3.63, 3.8) is 0 Å². The van der Waals surface area contributed by atoms with E-state index in [0.29, 0.717) is 0 Å². The molecule has 0 saturated heterocycles. The molecule has 1 aromatic heterocycles. The fourth-order valence-corrected chi connectivity index (χ4v) is 7.14. The van der Waals surface area contributed by atoms with Crippen LogP contribution in [0, 0.1) is 0 Å². The van der Waals surface area contributed by atoms with Gasteiger partial charge in [-0.3, -0.25) is 0 Å². The number of fused-ring (bicyclic) bond motifs is 6. The second kappa shape index (κ2) is 8.61. The van der Waals surface area contributed by atoms with Crippen LogP contribution in [0.15, 0.2) is 140 Å². The van der Waals surface area contributed by atoms with Gasteiger partial charge in [-0.2, -0.15) is 0 Å². The molecule has 41 heavy (non-hydrogen) atoms. The number of hydrogen-bond donors (Lipinski definition) is 0. The highest BCUT2D eigenvalue weighted by Crippen LogP contribution is 2.56. The van der Waals surface area contributed by atoms with Gasteiger partial charge in [-0.1, -0.05) is 140 Å². The van der Waals surface area contributed by atoms with E-state index in [0.717, 1.165) is 23.4 Å². The van der Waals surface area contributed by atoms with Gasteiger partial charge >= 0.3 is 0 Å². The van der Waals surface area contributed by atoms with E-state index in [1.54, 1.807) is 0 Å². The molecule has 7 aromatic rings. The van der Waals surface area contributed by atoms with Gasteiger partial charge in [-0.05, 0) is 56.1 Å². The molecule has 6 aromatic carbocycles. The van der Waals surface area contributed by atoms with Crippen LogP contribution < -0.4 is 0 Å². The van der Waals surface area contributed by atoms with Gasteiger partial charge in [0.15, 0.2) is 0 Å². The van der Waals surface area contributed by atoms with Gasteiger partial charge in [0, 0.05) is 27.8 Å². The lowest BCUT2D eigenvalue weighted by Gasteiger charge is -2.21. The molecule has 0 radical (unpaired) electrons. The van der Waals surface area contributed by atoms with Crippen LogP contribution in [-0.2, 0) is 6.42 Å². The summed E-state index contributed by atoms with van der Waals surface area (Å²) < 4.78 is 0. The summed E-state index contributed by atoms with van der Waals surface area (Å²) in [5.74, 6) is 0. The molecule has 0 unspecified atom stereocenters. The lowest BCUT2D eigenvalue weighted by Crippen LogP contribution is -2.00. The molecule has 1 heterocycles. The number of benzene rings is 6. The minimum Gasteiger partial charge on any atom is -0.246 e. The van der Waals surface area contributed by atoms with Crippen molar-refractivity contribution in [2.75, 3.05) is 0 Å². The highest BCUT2D eigenvalue weighted by molar-refractivity contribution is 6.21. The standard InChI is InChI=1S/C40H25N/c1-3-12-26(13-4-1)36-37-32-22-9-17-25-18-10-23-33(35(25)32)38(37)39(27-14-5-2-6-15-27)41-40(36)31-21-11-20-30-29-19-8-7-16-28(29)24-34(30)31/h1-23H,24H2. The molecule has 0 spiro atoms. The second-order valence-corrected chi connectivity index (χ2v) is 11.0. The van der Waals surface area contributed by atoms with Crippen LogP contribution in [0.2, 0.25) is 0 Å². The highest BCUT2D eigenvalue weighted by atomic mass is 14.7. The fraction of sp³-hybridized carbons (Fsp3) is 0.0250. The van der Waals surface area contributed by atoms with E-state index in [9.17, 15) is 0 Å². The Labute approximate surface area is 239 Å². The predicted octanol–water partition coefficient (Wildman–Crippen LogP) is 10.5. The minimum atomic E-state index is 0.922. The molecule has 0 atom stereocenters. The normalized spacial score (nSPS) is 12.3. The first-order chi connectivity index (χ1) is 20.4. The fourth-order valence-electron chi connectivity index (χ4n) is 7.14. The summed E-state index contributed by atoms with van der Waals surface area (Å²) in [6, 6.07) is 50.6. The third kappa shape index (κ3) is 3.21. The maximum atomic E-state index is 5.67. The Balaban J connectivity index is 1.46. The first kappa shape index (κ1) is 22.5. The van der Waals surface area contributed by atoms with Crippen molar-refractivity contribution < 1.29 is 0 Å². The third-order valence-electron chi connectivity index (χ3n) is 8.86. The lowest BCUT2D eigenvalue weighted by atomic mass is 9.86. The van der Waals surface area contributed by atoms with Crippen LogP contribution >= 0.6 is 0 Å². The third-order valence-corrected chi connectivity index (χ3v) is 8.86. The number of rotatable bonds is 3. The second-order valence-electron chi connectivity index (χ2n) is 11.0. The molecule has 1 nitrogen and oxygen atoms in total. The first-order valence-electron chi connectivity index (χ1n) is 14.3. The van der Waals surface area contributed by atoms with E-state index in [1.165, 1.54) is 72.0 Å². The molecule has 0 N–H and O–H groups in total. The van der Waals surface area contributed by atoms with Gasteiger partial charge in [0.1, 0.15) is 0 Å². The summed E-state index contributed by atoms with van der Waals surface area (Å²) in [4.78, 5) is 5.67. The van der Waals surface area contributed by atoms with E-state index < -0.39 is 0 Å². The Hall–Kier alpha value is -5.27. The Morgan fingerprint density at radius 1 is 0.390 bits per heavy atom. The van der Waals surface area contributed by atoms with Crippen LogP contribution in [0.3, 0.4) is 0 Å². The summed E-state index contributed by atoms with van der Waals surface area (Å²) in [6.07, 6.45) is 0.922. The van der Waals surface area contributed by atoms with E-state index in [1.807, 2.05) is 0 Å². The van der Waals surface area contributed by atoms with Gasteiger partial charge in [0.2, 0.25) is 0 Å². The molecule has 0 bridgehead atoms. The zero-order valence-electron chi connectivity index (χ0n) is 22.4. The smallest absolute Gasteiger partial charge is 0.0797 e. The summed E-state index contributed by atoms with van der Waals surface area (Å²) in [5.41, 5.74) is 17.4. The molecule has 0 amide bonds. The van der Waals surface area contributed by atoms with E-state index in [-0.39, 0.29) is 0 Å². The largest absolute Gasteiger partial charge is 0.246 e. The molecule has 0 aliphatic heterocycles. The SMILES string of the molecule is c1ccc(-c2nc(-c3cccc4c3Cc3ccccc3-4)c(-c3ccccc3)c3c2-c2cccc4cccc-3c24)cc1. The maximum absolute atomic E-state index is 5.67. The zero-order valence-corrected chi connectivity index (χ0v) is 22.4. The van der Waals surface area contributed by atoms with Gasteiger partial charge in [0.05, 0.1) is 11.4 Å². The number of nitrogens with zero attached hydrogens (tertiary/aromatic N) is 1. The molecular formula is C40H25N. The molecule has 2 aliphatic carbocycles. The minimum absolute atomic E-state index is 0.922. The van der Waals surface area contributed by atoms with Crippen molar-refractivity contribution in [3.8, 4) is 67.0 Å². The molecule has 190 valence electrons. The van der Waals surface area contributed by atoms with Gasteiger partial charge in [0.25, 0.3) is 0 Å². The topological polar surface area (TPSA) is 12.9 Å². The van der Waals surface area contributed by atoms with Gasteiger partial charge < -0.3 is 0 Å². The van der Waals surface area contributed by atoms with E-state index >= 15 is 0 Å². The van der Waals surface area contributed by atoms with Crippen LogP contribution in [0.5, 0.6) is 0 Å². The maximum Gasteiger partial charge on any atom is 0.0797 e. The first-order valence-corrected chi connectivity index (χ1v) is 14.3. The van der Waals surface area contributed by atoms with Crippen molar-refractivity contribution in [3.05, 3.63) is 151 Å². The summed E-state index contributed by atoms with van der Waals surface area (Å²) in [6.45, 7) is 0. The van der Waals surface area contributed by atoms with Crippen LogP contribution in [0.1, 0.15) is 11.1 Å². The molecular weight excluding hydrogens is 494 g/mol. The average molecular weight is 520 g/mol. The van der Waals surface area contributed by atoms with Gasteiger partial charge in [-0.25, -0.2) is 4.98 Å². The van der Waals surface area contributed by atoms with Crippen LogP contribution in [-0.4, -0.2) is 4.98 Å². The molecule has 1 heteroatoms. The predicted molar refractivity (Wildman–Crippen MR) is 171 cm³/mol. The van der Waals surface area contributed by atoms with Crippen molar-refractivity contribution in [2.24, 2.45) is 0 Å². The average Bonchev–Trinajstić information content (AvgIpc) is 3.59. The van der Waals surface area contributed by atoms with Crippen molar-refractivity contribution >= 4 is 10.8 Å². The quantitative estimate of drug-likeness (QED) is 0.226. The Morgan fingerprint density at radius 3 is 1.76 bits per heavy atom. The van der Waals surface area contributed by atoms with E-state index in [4.69, 9.17) is 4.98 Å². The van der Waals surface area contributed by atoms with Crippen LogP contribution in [0.25, 0.3) is 77.8 Å². The molecule has 9 rings (SSSR count). The summed E-state index contributed by atoms with van der Waals surface area (Å²) in [5, 5.41) is 2.59. The van der Waals surface area contributed by atoms with E-state index in [2.05, 4.69) is 140 Å². The van der Waals surface area contributed by atoms with Crippen molar-refractivity contribution in [2.45, 2.75) is 6.42 Å².